The molecular formula is C21H16ClN3O3. The number of carbonyl (C=O) groups excluding carboxylic acids is 1. The van der Waals surface area contributed by atoms with Crippen molar-refractivity contribution in [1.29, 1.82) is 0 Å². The Balaban J connectivity index is 1.51. The molecule has 0 spiro atoms. The van der Waals surface area contributed by atoms with Gasteiger partial charge in [-0.2, -0.15) is 0 Å². The van der Waals surface area contributed by atoms with Gasteiger partial charge in [0.2, 0.25) is 5.89 Å². The van der Waals surface area contributed by atoms with E-state index in [1.165, 1.54) is 0 Å². The number of anilines is 2. The quantitative estimate of drug-likeness (QED) is 0.459. The number of benzene rings is 3. The van der Waals surface area contributed by atoms with Gasteiger partial charge in [-0.25, -0.2) is 9.78 Å². The fraction of sp³-hybridized carbons (Fsp3) is 0.0476. The molecule has 0 saturated carbocycles. The fourth-order valence-electron chi connectivity index (χ4n) is 2.72. The lowest BCUT2D eigenvalue weighted by Gasteiger charge is -2.07. The number of aromatic nitrogens is 1. The first-order valence-electron chi connectivity index (χ1n) is 8.49. The van der Waals surface area contributed by atoms with Gasteiger partial charge in [0.05, 0.1) is 7.11 Å². The zero-order valence-corrected chi connectivity index (χ0v) is 15.7. The minimum atomic E-state index is -0.378. The third kappa shape index (κ3) is 3.92. The van der Waals surface area contributed by atoms with E-state index in [2.05, 4.69) is 15.6 Å². The van der Waals surface area contributed by atoms with Crippen LogP contribution in [0.25, 0.3) is 22.6 Å². The molecule has 4 aromatic rings. The van der Waals surface area contributed by atoms with Crippen LogP contribution in [0, 0.1) is 0 Å². The van der Waals surface area contributed by atoms with Crippen molar-refractivity contribution < 1.29 is 13.9 Å². The molecule has 1 heterocycles. The fourth-order valence-corrected chi connectivity index (χ4v) is 2.91. The first kappa shape index (κ1) is 17.9. The highest BCUT2D eigenvalue weighted by Gasteiger charge is 2.10. The summed E-state index contributed by atoms with van der Waals surface area (Å²) in [5.74, 6) is 1.26. The van der Waals surface area contributed by atoms with Crippen molar-refractivity contribution in [3.8, 4) is 17.2 Å². The molecule has 0 aliphatic heterocycles. The van der Waals surface area contributed by atoms with Crippen molar-refractivity contribution >= 4 is 40.1 Å². The van der Waals surface area contributed by atoms with E-state index in [-0.39, 0.29) is 6.03 Å². The van der Waals surface area contributed by atoms with E-state index in [1.807, 2.05) is 24.3 Å². The van der Waals surface area contributed by atoms with E-state index in [0.717, 1.165) is 11.3 Å². The number of hydrogen-bond acceptors (Lipinski definition) is 4. The van der Waals surface area contributed by atoms with Crippen molar-refractivity contribution in [2.75, 3.05) is 17.7 Å². The molecule has 0 bridgehead atoms. The summed E-state index contributed by atoms with van der Waals surface area (Å²) >= 11 is 5.93. The standard InChI is InChI=1S/C21H16ClN3O3/c1-27-17-8-5-13(6-9-17)20-25-18-10-7-16(12-19(18)28-20)24-21(26)23-15-4-2-3-14(22)11-15/h2-12H,1H3,(H2,23,24,26). The highest BCUT2D eigenvalue weighted by molar-refractivity contribution is 6.30. The number of urea groups is 1. The van der Waals surface area contributed by atoms with Gasteiger partial charge >= 0.3 is 6.03 Å². The molecule has 0 aliphatic carbocycles. The van der Waals surface area contributed by atoms with Gasteiger partial charge in [-0.3, -0.25) is 0 Å². The van der Waals surface area contributed by atoms with E-state index in [9.17, 15) is 4.79 Å². The lowest BCUT2D eigenvalue weighted by molar-refractivity contribution is 0.262. The Morgan fingerprint density at radius 1 is 1.00 bits per heavy atom. The molecule has 7 heteroatoms. The van der Waals surface area contributed by atoms with Gasteiger partial charge in [0, 0.05) is 28.0 Å². The minimum absolute atomic E-state index is 0.378. The van der Waals surface area contributed by atoms with E-state index < -0.39 is 0 Å². The molecule has 3 aromatic carbocycles. The zero-order valence-electron chi connectivity index (χ0n) is 14.9. The number of nitrogens with zero attached hydrogens (tertiary/aromatic N) is 1. The monoisotopic (exact) mass is 393 g/mol. The molecular weight excluding hydrogens is 378 g/mol. The lowest BCUT2D eigenvalue weighted by atomic mass is 10.2. The van der Waals surface area contributed by atoms with Crippen LogP contribution in [0.4, 0.5) is 16.2 Å². The number of amides is 2. The Hall–Kier alpha value is -3.51. The lowest BCUT2D eigenvalue weighted by Crippen LogP contribution is -2.19. The van der Waals surface area contributed by atoms with Crippen LogP contribution in [0.1, 0.15) is 0 Å². The molecule has 4 rings (SSSR count). The Morgan fingerprint density at radius 2 is 1.75 bits per heavy atom. The van der Waals surface area contributed by atoms with Gasteiger partial charge in [-0.05, 0) is 54.6 Å². The van der Waals surface area contributed by atoms with Gasteiger partial charge in [0.15, 0.2) is 5.58 Å². The molecule has 0 unspecified atom stereocenters. The first-order valence-corrected chi connectivity index (χ1v) is 8.87. The molecule has 140 valence electrons. The minimum Gasteiger partial charge on any atom is -0.497 e. The summed E-state index contributed by atoms with van der Waals surface area (Å²) in [6, 6.07) is 19.3. The Morgan fingerprint density at radius 3 is 2.46 bits per heavy atom. The number of fused-ring (bicyclic) bond motifs is 1. The topological polar surface area (TPSA) is 76.4 Å². The molecule has 2 amide bonds. The first-order chi connectivity index (χ1) is 13.6. The molecule has 0 fully saturated rings. The molecule has 0 saturated heterocycles. The normalized spacial score (nSPS) is 10.6. The highest BCUT2D eigenvalue weighted by Crippen LogP contribution is 2.27. The molecule has 0 atom stereocenters. The number of carbonyl (C=O) groups is 1. The van der Waals surface area contributed by atoms with Crippen LogP contribution in [0.2, 0.25) is 5.02 Å². The predicted octanol–water partition coefficient (Wildman–Crippen LogP) is 5.80. The smallest absolute Gasteiger partial charge is 0.323 e. The van der Waals surface area contributed by atoms with Gasteiger partial charge in [0.25, 0.3) is 0 Å². The van der Waals surface area contributed by atoms with Gasteiger partial charge < -0.3 is 19.8 Å². The SMILES string of the molecule is COc1ccc(-c2nc3ccc(NC(=O)Nc4cccc(Cl)c4)cc3o2)cc1. The van der Waals surface area contributed by atoms with Crippen molar-refractivity contribution in [2.24, 2.45) is 0 Å². The average molecular weight is 394 g/mol. The average Bonchev–Trinajstić information content (AvgIpc) is 3.11. The molecule has 0 aliphatic rings. The highest BCUT2D eigenvalue weighted by atomic mass is 35.5. The third-order valence-electron chi connectivity index (χ3n) is 4.07. The number of nitrogens with one attached hydrogen (secondary N) is 2. The summed E-state index contributed by atoms with van der Waals surface area (Å²) in [6.45, 7) is 0. The van der Waals surface area contributed by atoms with Crippen LogP contribution in [0.5, 0.6) is 5.75 Å². The van der Waals surface area contributed by atoms with Crippen LogP contribution in [0.15, 0.2) is 71.1 Å². The Kier molecular flexibility index (Phi) is 4.87. The maximum atomic E-state index is 12.2. The molecule has 0 radical (unpaired) electrons. The second-order valence-electron chi connectivity index (χ2n) is 6.02. The summed E-state index contributed by atoms with van der Waals surface area (Å²) in [7, 11) is 1.62. The summed E-state index contributed by atoms with van der Waals surface area (Å²) in [5, 5.41) is 6.05. The summed E-state index contributed by atoms with van der Waals surface area (Å²) < 4.78 is 11.0. The van der Waals surface area contributed by atoms with Crippen LogP contribution in [0.3, 0.4) is 0 Å². The van der Waals surface area contributed by atoms with E-state index in [1.54, 1.807) is 49.6 Å². The number of rotatable bonds is 4. The van der Waals surface area contributed by atoms with Crippen LogP contribution in [-0.4, -0.2) is 18.1 Å². The molecule has 6 nitrogen and oxygen atoms in total. The number of ether oxygens (including phenoxy) is 1. The predicted molar refractivity (Wildman–Crippen MR) is 110 cm³/mol. The van der Waals surface area contributed by atoms with Gasteiger partial charge in [-0.1, -0.05) is 17.7 Å². The number of oxazole rings is 1. The summed E-state index contributed by atoms with van der Waals surface area (Å²) in [5.41, 5.74) is 3.31. The number of methoxy groups -OCH3 is 1. The van der Waals surface area contributed by atoms with Crippen molar-refractivity contribution in [1.82, 2.24) is 4.98 Å². The van der Waals surface area contributed by atoms with E-state index >= 15 is 0 Å². The zero-order chi connectivity index (χ0) is 19.5. The second-order valence-corrected chi connectivity index (χ2v) is 6.46. The summed E-state index contributed by atoms with van der Waals surface area (Å²) in [4.78, 5) is 16.7. The van der Waals surface area contributed by atoms with Crippen LogP contribution in [-0.2, 0) is 0 Å². The Bertz CT molecular complexity index is 1140. The van der Waals surface area contributed by atoms with Crippen molar-refractivity contribution in [2.45, 2.75) is 0 Å². The van der Waals surface area contributed by atoms with Crippen LogP contribution >= 0.6 is 11.6 Å². The van der Waals surface area contributed by atoms with Gasteiger partial charge in [-0.15, -0.1) is 0 Å². The molecule has 2 N–H and O–H groups in total. The number of hydrogen-bond donors (Lipinski definition) is 2. The van der Waals surface area contributed by atoms with Crippen molar-refractivity contribution in [3.63, 3.8) is 0 Å². The summed E-state index contributed by atoms with van der Waals surface area (Å²) in [6.07, 6.45) is 0. The van der Waals surface area contributed by atoms with Crippen LogP contribution < -0.4 is 15.4 Å². The molecule has 1 aromatic heterocycles. The van der Waals surface area contributed by atoms with Crippen molar-refractivity contribution in [3.05, 3.63) is 71.8 Å². The van der Waals surface area contributed by atoms with Gasteiger partial charge in [0.1, 0.15) is 11.3 Å². The number of halogens is 1. The maximum absolute atomic E-state index is 12.2. The largest absolute Gasteiger partial charge is 0.497 e. The second kappa shape index (κ2) is 7.62. The molecule has 28 heavy (non-hydrogen) atoms. The third-order valence-corrected chi connectivity index (χ3v) is 4.30. The Labute approximate surface area is 166 Å². The van der Waals surface area contributed by atoms with E-state index in [4.69, 9.17) is 20.8 Å². The van der Waals surface area contributed by atoms with E-state index in [0.29, 0.717) is 33.4 Å². The maximum Gasteiger partial charge on any atom is 0.323 e.